The van der Waals surface area contributed by atoms with Crippen LogP contribution < -0.4 is 5.73 Å². The van der Waals surface area contributed by atoms with Gasteiger partial charge in [0.05, 0.1) is 10.0 Å². The predicted octanol–water partition coefficient (Wildman–Crippen LogP) is 3.10. The van der Waals surface area contributed by atoms with Crippen molar-refractivity contribution in [2.75, 3.05) is 5.73 Å². The molecule has 0 amide bonds. The third-order valence-electron chi connectivity index (χ3n) is 1.90. The van der Waals surface area contributed by atoms with E-state index < -0.39 is 21.9 Å². The molecular formula is C9H4BrF3N2O. The number of nitrogen functional groups attached to an aromatic ring is 1. The lowest BCUT2D eigenvalue weighted by Gasteiger charge is -2.02. The number of halogens is 4. The van der Waals surface area contributed by atoms with E-state index in [2.05, 4.69) is 25.6 Å². The first-order chi connectivity index (χ1) is 7.50. The van der Waals surface area contributed by atoms with Crippen LogP contribution >= 0.6 is 15.9 Å². The number of hydrogen-bond acceptors (Lipinski definition) is 3. The van der Waals surface area contributed by atoms with Crippen molar-refractivity contribution < 1.29 is 17.7 Å². The maximum atomic E-state index is 13.4. The van der Waals surface area contributed by atoms with Gasteiger partial charge < -0.3 is 10.3 Å². The quantitative estimate of drug-likeness (QED) is 0.649. The molecule has 1 heterocycles. The molecule has 0 unspecified atom stereocenters. The lowest BCUT2D eigenvalue weighted by atomic mass is 10.1. The Hall–Kier alpha value is -1.50. The van der Waals surface area contributed by atoms with Crippen molar-refractivity contribution in [2.24, 2.45) is 0 Å². The lowest BCUT2D eigenvalue weighted by molar-refractivity contribution is 0.428. The van der Waals surface area contributed by atoms with Gasteiger partial charge in [-0.05, 0) is 22.0 Å². The number of benzene rings is 1. The fourth-order valence-corrected chi connectivity index (χ4v) is 1.46. The van der Waals surface area contributed by atoms with Gasteiger partial charge in [-0.3, -0.25) is 0 Å². The minimum atomic E-state index is -1.33. The molecule has 2 aromatic rings. The molecule has 0 saturated carbocycles. The summed E-state index contributed by atoms with van der Waals surface area (Å²) in [5.74, 6) is -3.64. The molecule has 0 aliphatic carbocycles. The van der Waals surface area contributed by atoms with Crippen LogP contribution in [0.25, 0.3) is 11.3 Å². The highest BCUT2D eigenvalue weighted by atomic mass is 79.9. The Kier molecular flexibility index (Phi) is 2.63. The second-order valence-corrected chi connectivity index (χ2v) is 3.76. The van der Waals surface area contributed by atoms with Crippen molar-refractivity contribution in [3.05, 3.63) is 34.1 Å². The number of aromatic nitrogens is 1. The van der Waals surface area contributed by atoms with Crippen LogP contribution in [0.3, 0.4) is 0 Å². The van der Waals surface area contributed by atoms with Crippen molar-refractivity contribution in [2.45, 2.75) is 0 Å². The van der Waals surface area contributed by atoms with E-state index in [0.717, 1.165) is 6.07 Å². The highest BCUT2D eigenvalue weighted by molar-refractivity contribution is 9.10. The third-order valence-corrected chi connectivity index (χ3v) is 2.62. The Labute approximate surface area is 96.2 Å². The summed E-state index contributed by atoms with van der Waals surface area (Å²) in [6, 6.07) is 1.97. The smallest absolute Gasteiger partial charge is 0.176 e. The van der Waals surface area contributed by atoms with Gasteiger partial charge in [-0.1, -0.05) is 5.16 Å². The second-order valence-electron chi connectivity index (χ2n) is 2.96. The summed E-state index contributed by atoms with van der Waals surface area (Å²) in [7, 11) is 0. The molecule has 0 saturated heterocycles. The molecule has 7 heteroatoms. The zero-order valence-electron chi connectivity index (χ0n) is 7.60. The summed E-state index contributed by atoms with van der Waals surface area (Å²) in [6.07, 6.45) is 0. The average molecular weight is 293 g/mol. The molecule has 0 fully saturated rings. The SMILES string of the molecule is Nc1cc(-c2cc(F)c(Br)c(F)c2F)on1. The first-order valence-electron chi connectivity index (χ1n) is 4.06. The van der Waals surface area contributed by atoms with Gasteiger partial charge in [-0.2, -0.15) is 0 Å². The zero-order chi connectivity index (χ0) is 11.9. The van der Waals surface area contributed by atoms with E-state index in [4.69, 9.17) is 5.73 Å². The van der Waals surface area contributed by atoms with Crippen LogP contribution in [0.2, 0.25) is 0 Å². The summed E-state index contributed by atoms with van der Waals surface area (Å²) in [5, 5.41) is 3.30. The predicted molar refractivity (Wildman–Crippen MR) is 53.9 cm³/mol. The van der Waals surface area contributed by atoms with Crippen LogP contribution in [0.4, 0.5) is 19.0 Å². The first kappa shape index (κ1) is 11.0. The van der Waals surface area contributed by atoms with E-state index in [9.17, 15) is 13.2 Å². The minimum absolute atomic E-state index is 0.00173. The standard InChI is InChI=1S/C9H4BrF3N2O/c10-7-4(11)1-3(8(12)9(7)13)5-2-6(14)15-16-5/h1-2H,(H2,14,15). The lowest BCUT2D eigenvalue weighted by Crippen LogP contribution is -1.94. The van der Waals surface area contributed by atoms with Crippen molar-refractivity contribution in [3.63, 3.8) is 0 Å². The van der Waals surface area contributed by atoms with E-state index in [-0.39, 0.29) is 17.1 Å². The number of nitrogens with zero attached hydrogens (tertiary/aromatic N) is 1. The molecule has 0 spiro atoms. The minimum Gasteiger partial charge on any atom is -0.381 e. The van der Waals surface area contributed by atoms with Gasteiger partial charge in [-0.25, -0.2) is 13.2 Å². The number of hydrogen-bond donors (Lipinski definition) is 1. The van der Waals surface area contributed by atoms with Gasteiger partial charge in [-0.15, -0.1) is 0 Å². The Morgan fingerprint density at radius 2 is 1.88 bits per heavy atom. The maximum Gasteiger partial charge on any atom is 0.176 e. The van der Waals surface area contributed by atoms with Gasteiger partial charge >= 0.3 is 0 Å². The Morgan fingerprint density at radius 3 is 2.44 bits per heavy atom. The largest absolute Gasteiger partial charge is 0.381 e. The molecule has 3 nitrogen and oxygen atoms in total. The van der Waals surface area contributed by atoms with E-state index in [1.54, 1.807) is 0 Å². The Morgan fingerprint density at radius 1 is 1.19 bits per heavy atom. The first-order valence-corrected chi connectivity index (χ1v) is 4.85. The normalized spacial score (nSPS) is 10.8. The summed E-state index contributed by atoms with van der Waals surface area (Å²) < 4.78 is 43.8. The molecule has 1 aromatic heterocycles. The van der Waals surface area contributed by atoms with Crippen LogP contribution in [0.5, 0.6) is 0 Å². The molecule has 0 aliphatic rings. The molecule has 0 atom stereocenters. The van der Waals surface area contributed by atoms with Crippen LogP contribution in [0.1, 0.15) is 0 Å². The fraction of sp³-hybridized carbons (Fsp3) is 0. The molecule has 84 valence electrons. The molecule has 0 radical (unpaired) electrons. The number of anilines is 1. The number of rotatable bonds is 1. The second kappa shape index (κ2) is 3.82. The third kappa shape index (κ3) is 1.67. The highest BCUT2D eigenvalue weighted by Gasteiger charge is 2.20. The summed E-state index contributed by atoms with van der Waals surface area (Å²) in [6.45, 7) is 0. The van der Waals surface area contributed by atoms with Gasteiger partial charge in [0.1, 0.15) is 5.82 Å². The Bertz CT molecular complexity index is 556. The summed E-state index contributed by atoms with van der Waals surface area (Å²) in [5.41, 5.74) is 4.88. The highest BCUT2D eigenvalue weighted by Crippen LogP contribution is 2.31. The van der Waals surface area contributed by atoms with E-state index >= 15 is 0 Å². The average Bonchev–Trinajstić information content (AvgIpc) is 2.67. The van der Waals surface area contributed by atoms with Gasteiger partial charge in [0, 0.05) is 6.07 Å². The molecule has 16 heavy (non-hydrogen) atoms. The summed E-state index contributed by atoms with van der Waals surface area (Å²) >= 11 is 2.58. The molecule has 2 N–H and O–H groups in total. The van der Waals surface area contributed by atoms with Gasteiger partial charge in [0.15, 0.2) is 23.2 Å². The van der Waals surface area contributed by atoms with Crippen LogP contribution in [-0.4, -0.2) is 5.16 Å². The van der Waals surface area contributed by atoms with Crippen molar-refractivity contribution in [1.82, 2.24) is 5.16 Å². The monoisotopic (exact) mass is 292 g/mol. The van der Waals surface area contributed by atoms with Crippen LogP contribution in [-0.2, 0) is 0 Å². The molecular weight excluding hydrogens is 289 g/mol. The molecule has 0 aliphatic heterocycles. The van der Waals surface area contributed by atoms with Gasteiger partial charge in [0.2, 0.25) is 0 Å². The van der Waals surface area contributed by atoms with Crippen molar-refractivity contribution >= 4 is 21.7 Å². The number of nitrogens with two attached hydrogens (primary N) is 1. The fourth-order valence-electron chi connectivity index (χ4n) is 1.17. The van der Waals surface area contributed by atoms with Gasteiger partial charge in [0.25, 0.3) is 0 Å². The molecule has 1 aromatic carbocycles. The molecule has 2 rings (SSSR count). The van der Waals surface area contributed by atoms with E-state index in [0.29, 0.717) is 0 Å². The molecule has 0 bridgehead atoms. The van der Waals surface area contributed by atoms with E-state index in [1.165, 1.54) is 6.07 Å². The Balaban J connectivity index is 2.66. The van der Waals surface area contributed by atoms with Crippen LogP contribution in [0.15, 0.2) is 21.1 Å². The topological polar surface area (TPSA) is 52.0 Å². The van der Waals surface area contributed by atoms with Crippen molar-refractivity contribution in [1.29, 1.82) is 0 Å². The zero-order valence-corrected chi connectivity index (χ0v) is 9.19. The van der Waals surface area contributed by atoms with Crippen molar-refractivity contribution in [3.8, 4) is 11.3 Å². The van der Waals surface area contributed by atoms with Crippen LogP contribution in [0, 0.1) is 17.5 Å². The van der Waals surface area contributed by atoms with E-state index in [1.807, 2.05) is 0 Å². The maximum absolute atomic E-state index is 13.4. The summed E-state index contributed by atoms with van der Waals surface area (Å²) in [4.78, 5) is 0.